The largest absolute Gasteiger partial charge is 0.508 e. The highest BCUT2D eigenvalue weighted by Gasteiger charge is 2.27. The normalized spacial score (nSPS) is 21.4. The van der Waals surface area contributed by atoms with E-state index in [1.807, 2.05) is 25.1 Å². The number of phenolic OH excluding ortho intramolecular Hbond substituents is 1. The van der Waals surface area contributed by atoms with Crippen LogP contribution in [-0.2, 0) is 6.54 Å². The van der Waals surface area contributed by atoms with Crippen LogP contribution in [0.25, 0.3) is 11.1 Å². The molecular formula is C36H41FN6O4S. The smallest absolute Gasteiger partial charge is 0.270 e. The number of aromatic nitrogens is 2. The molecule has 6 rings (SSSR count). The van der Waals surface area contributed by atoms with Gasteiger partial charge in [-0.1, -0.05) is 12.1 Å². The first-order valence-electron chi connectivity index (χ1n) is 16.4. The number of piperazine rings is 1. The second kappa shape index (κ2) is 14.8. The van der Waals surface area contributed by atoms with Gasteiger partial charge in [-0.3, -0.25) is 14.5 Å². The van der Waals surface area contributed by atoms with Gasteiger partial charge in [0.25, 0.3) is 11.8 Å². The summed E-state index contributed by atoms with van der Waals surface area (Å²) in [7, 11) is 0. The zero-order valence-corrected chi connectivity index (χ0v) is 28.1. The highest BCUT2D eigenvalue weighted by Crippen LogP contribution is 2.32. The average molecular weight is 673 g/mol. The molecule has 1 aliphatic heterocycles. The Hall–Kier alpha value is -4.39. The highest BCUT2D eigenvalue weighted by atomic mass is 32.1. The zero-order valence-electron chi connectivity index (χ0n) is 27.3. The van der Waals surface area contributed by atoms with Gasteiger partial charge in [-0.15, -0.1) is 11.3 Å². The van der Waals surface area contributed by atoms with Crippen molar-refractivity contribution in [3.63, 3.8) is 0 Å². The second-order valence-corrected chi connectivity index (χ2v) is 14.0. The lowest BCUT2D eigenvalue weighted by Crippen LogP contribution is -2.53. The van der Waals surface area contributed by atoms with Gasteiger partial charge in [0.15, 0.2) is 0 Å². The first-order valence-corrected chi connectivity index (χ1v) is 17.2. The minimum atomic E-state index is -0.648. The van der Waals surface area contributed by atoms with Crippen LogP contribution in [0.3, 0.4) is 0 Å². The number of phenols is 1. The third-order valence-electron chi connectivity index (χ3n) is 8.71. The minimum Gasteiger partial charge on any atom is -0.508 e. The number of hydrogen-bond donors (Lipinski definition) is 4. The van der Waals surface area contributed by atoms with Crippen LogP contribution in [-0.4, -0.2) is 69.0 Å². The quantitative estimate of drug-likeness (QED) is 0.176. The van der Waals surface area contributed by atoms with Crippen molar-refractivity contribution in [3.8, 4) is 28.5 Å². The van der Waals surface area contributed by atoms with Crippen LogP contribution in [0.5, 0.6) is 17.4 Å². The Bertz CT molecular complexity index is 1760. The van der Waals surface area contributed by atoms with Crippen LogP contribution in [0.15, 0.2) is 60.1 Å². The molecule has 3 heterocycles. The summed E-state index contributed by atoms with van der Waals surface area (Å²) >= 11 is 1.43. The van der Waals surface area contributed by atoms with Crippen LogP contribution in [0.2, 0.25) is 0 Å². The van der Waals surface area contributed by atoms with Gasteiger partial charge in [0, 0.05) is 49.2 Å². The number of rotatable bonds is 9. The number of amides is 2. The standard InChI is InChI=1S/C36H41FN6O4S/c1-21-17-43(18-22(2)39-21)19-24-11-26(13-30(44)12-24)25-5-4-6-31(14-25)47-36-32(15-27(37)16-38-36)34(45)41-28-7-9-29(10-8-28)42-35(46)33-20-48-23(3)40-33/h4-6,11-16,20-22,28-29,39,44H,7-10,17-19H2,1-3H3,(H,41,45)(H,42,46)/t21-,22+,28?,29?. The summed E-state index contributed by atoms with van der Waals surface area (Å²) in [5.41, 5.74) is 3.06. The Morgan fingerprint density at radius 1 is 1.00 bits per heavy atom. The molecule has 0 unspecified atom stereocenters. The first-order chi connectivity index (χ1) is 23.1. The molecule has 252 valence electrons. The van der Waals surface area contributed by atoms with Crippen molar-refractivity contribution in [2.75, 3.05) is 13.1 Å². The number of aryl methyl sites for hydroxylation is 1. The van der Waals surface area contributed by atoms with Crippen molar-refractivity contribution in [1.29, 1.82) is 0 Å². The van der Waals surface area contributed by atoms with Crippen molar-refractivity contribution in [2.45, 2.75) is 77.2 Å². The molecular weight excluding hydrogens is 631 g/mol. The lowest BCUT2D eigenvalue weighted by molar-refractivity contribution is 0.0888. The fourth-order valence-corrected chi connectivity index (χ4v) is 7.25. The van der Waals surface area contributed by atoms with E-state index in [1.165, 1.54) is 11.3 Å². The van der Waals surface area contributed by atoms with Gasteiger partial charge in [-0.05, 0) is 99.5 Å². The van der Waals surface area contributed by atoms with Gasteiger partial charge >= 0.3 is 0 Å². The molecule has 4 N–H and O–H groups in total. The molecule has 2 aliphatic rings. The number of aromatic hydroxyl groups is 1. The fraction of sp³-hybridized carbons (Fsp3) is 0.389. The van der Waals surface area contributed by atoms with Crippen molar-refractivity contribution < 1.29 is 23.8 Å². The van der Waals surface area contributed by atoms with Crippen LogP contribution in [0, 0.1) is 12.7 Å². The van der Waals surface area contributed by atoms with Gasteiger partial charge in [0.05, 0.1) is 11.2 Å². The predicted molar refractivity (Wildman–Crippen MR) is 183 cm³/mol. The Morgan fingerprint density at radius 2 is 1.71 bits per heavy atom. The van der Waals surface area contributed by atoms with Crippen LogP contribution in [0.4, 0.5) is 4.39 Å². The topological polar surface area (TPSA) is 129 Å². The lowest BCUT2D eigenvalue weighted by atomic mass is 9.91. The maximum Gasteiger partial charge on any atom is 0.270 e. The Morgan fingerprint density at radius 3 is 2.40 bits per heavy atom. The summed E-state index contributed by atoms with van der Waals surface area (Å²) in [4.78, 5) is 36.6. The summed E-state index contributed by atoms with van der Waals surface area (Å²) in [6.07, 6.45) is 3.73. The Balaban J connectivity index is 1.10. The van der Waals surface area contributed by atoms with Crippen molar-refractivity contribution in [2.24, 2.45) is 0 Å². The van der Waals surface area contributed by atoms with E-state index in [2.05, 4.69) is 50.7 Å². The Labute approximate surface area is 283 Å². The molecule has 0 spiro atoms. The van der Waals surface area contributed by atoms with Gasteiger partial charge in [0.1, 0.15) is 28.6 Å². The second-order valence-electron chi connectivity index (χ2n) is 12.9. The number of thiazole rings is 1. The molecule has 2 atom stereocenters. The molecule has 4 aromatic rings. The predicted octanol–water partition coefficient (Wildman–Crippen LogP) is 5.80. The Kier molecular flexibility index (Phi) is 10.3. The third-order valence-corrected chi connectivity index (χ3v) is 9.48. The lowest BCUT2D eigenvalue weighted by Gasteiger charge is -2.36. The van der Waals surface area contributed by atoms with E-state index >= 15 is 0 Å². The highest BCUT2D eigenvalue weighted by molar-refractivity contribution is 7.09. The van der Waals surface area contributed by atoms with E-state index in [-0.39, 0.29) is 35.2 Å². The molecule has 2 amide bonds. The molecule has 0 radical (unpaired) electrons. The molecule has 48 heavy (non-hydrogen) atoms. The molecule has 0 bridgehead atoms. The molecule has 2 aromatic carbocycles. The minimum absolute atomic E-state index is 0.00569. The summed E-state index contributed by atoms with van der Waals surface area (Å²) in [6, 6.07) is 14.6. The monoisotopic (exact) mass is 672 g/mol. The van der Waals surface area contributed by atoms with Gasteiger partial charge in [-0.2, -0.15) is 0 Å². The van der Waals surface area contributed by atoms with Crippen LogP contribution < -0.4 is 20.7 Å². The maximum atomic E-state index is 14.3. The molecule has 12 heteroatoms. The van der Waals surface area contributed by atoms with Gasteiger partial charge in [-0.25, -0.2) is 14.4 Å². The summed E-state index contributed by atoms with van der Waals surface area (Å²) in [5, 5.41) is 22.8. The number of nitrogens with zero attached hydrogens (tertiary/aromatic N) is 3. The number of pyridine rings is 1. The van der Waals surface area contributed by atoms with E-state index < -0.39 is 11.7 Å². The molecule has 1 aliphatic carbocycles. The molecule has 1 saturated heterocycles. The zero-order chi connectivity index (χ0) is 33.8. The van der Waals surface area contributed by atoms with E-state index in [1.54, 1.807) is 23.6 Å². The molecule has 2 fully saturated rings. The summed E-state index contributed by atoms with van der Waals surface area (Å²) in [5.74, 6) is -0.730. The SMILES string of the molecule is Cc1nc(C(=O)NC2CCC(NC(=O)c3cc(F)cnc3Oc3cccc(-c4cc(O)cc(CN5C[C@@H](C)N[C@@H](C)C5)c4)c3)CC2)cs1. The van der Waals surface area contributed by atoms with E-state index in [0.717, 1.165) is 47.1 Å². The van der Waals surface area contributed by atoms with E-state index in [9.17, 15) is 19.1 Å². The number of ether oxygens (including phenoxy) is 1. The number of benzene rings is 2. The number of hydrogen-bond acceptors (Lipinski definition) is 9. The van der Waals surface area contributed by atoms with Crippen molar-refractivity contribution in [3.05, 3.63) is 87.8 Å². The van der Waals surface area contributed by atoms with Gasteiger partial charge < -0.3 is 25.8 Å². The number of nitrogens with one attached hydrogen (secondary N) is 3. The van der Waals surface area contributed by atoms with Crippen molar-refractivity contribution >= 4 is 23.2 Å². The molecule has 10 nitrogen and oxygen atoms in total. The average Bonchev–Trinajstić information content (AvgIpc) is 3.48. The van der Waals surface area contributed by atoms with Crippen LogP contribution >= 0.6 is 11.3 Å². The van der Waals surface area contributed by atoms with Crippen molar-refractivity contribution in [1.82, 2.24) is 30.8 Å². The summed E-state index contributed by atoms with van der Waals surface area (Å²) < 4.78 is 20.4. The number of halogens is 1. The number of carbonyl (C=O) groups excluding carboxylic acids is 2. The number of carbonyl (C=O) groups is 2. The summed E-state index contributed by atoms with van der Waals surface area (Å²) in [6.45, 7) is 8.77. The maximum absolute atomic E-state index is 14.3. The van der Waals surface area contributed by atoms with Gasteiger partial charge in [0.2, 0.25) is 5.88 Å². The first kappa shape index (κ1) is 33.5. The van der Waals surface area contributed by atoms with E-state index in [4.69, 9.17) is 4.74 Å². The third kappa shape index (κ3) is 8.55. The van der Waals surface area contributed by atoms with E-state index in [0.29, 0.717) is 55.8 Å². The molecule has 1 saturated carbocycles. The fourth-order valence-electron chi connectivity index (χ4n) is 6.65. The van der Waals surface area contributed by atoms with Crippen LogP contribution in [0.1, 0.15) is 70.9 Å². The molecule has 2 aromatic heterocycles.